The van der Waals surface area contributed by atoms with Gasteiger partial charge in [0.15, 0.2) is 0 Å². The molecule has 2 aromatic rings. The van der Waals surface area contributed by atoms with E-state index in [9.17, 15) is 9.59 Å². The molecule has 0 aromatic carbocycles. The molecule has 0 saturated carbocycles. The number of H-pyrrole nitrogens is 1. The molecule has 0 radical (unpaired) electrons. The average molecular weight is 414 g/mol. The van der Waals surface area contributed by atoms with Gasteiger partial charge in [-0.1, -0.05) is 6.08 Å². The lowest BCUT2D eigenvalue weighted by molar-refractivity contribution is -0.125. The minimum Gasteiger partial charge on any atom is -0.481 e. The Hall–Kier alpha value is -3.13. The lowest BCUT2D eigenvalue weighted by Crippen LogP contribution is -2.25. The van der Waals surface area contributed by atoms with E-state index in [0.29, 0.717) is 18.1 Å². The smallest absolute Gasteiger partial charge is 0.271 e. The van der Waals surface area contributed by atoms with E-state index >= 15 is 0 Å². The number of hydrogen-bond acceptors (Lipinski definition) is 6. The molecule has 1 aliphatic rings. The normalized spacial score (nSPS) is 13.1. The summed E-state index contributed by atoms with van der Waals surface area (Å²) in [5.41, 5.74) is 2.29. The van der Waals surface area contributed by atoms with E-state index in [-0.39, 0.29) is 11.5 Å². The van der Waals surface area contributed by atoms with Crippen molar-refractivity contribution in [1.82, 2.24) is 20.2 Å². The monoisotopic (exact) mass is 413 g/mol. The quantitative estimate of drug-likeness (QED) is 0.602. The van der Waals surface area contributed by atoms with Gasteiger partial charge in [0, 0.05) is 56.3 Å². The lowest BCUT2D eigenvalue weighted by atomic mass is 10.1. The summed E-state index contributed by atoms with van der Waals surface area (Å²) in [5, 5.41) is 5.98. The van der Waals surface area contributed by atoms with E-state index in [2.05, 4.69) is 20.6 Å². The first-order valence-electron chi connectivity index (χ1n) is 10.2. The molecule has 0 bridgehead atoms. The standard InChI is InChI=1S/C13H15N3O2.C9H16N2O/c1-3-14-11-6-10(8-16-13(11)17)9-4-5-15-12(7-9)18-2;1-10-6-4-5-9(12)11-7-2-3-8-11/h4-8,14H,3H2,1-2H3,(H,16,17);4-5,10H,2-3,6-8H2,1H3/b;5-4+. The number of nitrogens with zero attached hydrogens (tertiary/aromatic N) is 2. The Kier molecular flexibility index (Phi) is 9.60. The second-order valence-corrected chi connectivity index (χ2v) is 6.74. The fourth-order valence-electron chi connectivity index (χ4n) is 2.99. The number of likely N-dealkylation sites (N-methyl/N-ethyl adjacent to an activating group) is 1. The van der Waals surface area contributed by atoms with Crippen molar-refractivity contribution < 1.29 is 9.53 Å². The first-order chi connectivity index (χ1) is 14.6. The van der Waals surface area contributed by atoms with E-state index in [1.165, 1.54) is 0 Å². The first kappa shape index (κ1) is 23.2. The molecule has 3 heterocycles. The average Bonchev–Trinajstić information content (AvgIpc) is 3.31. The van der Waals surface area contributed by atoms with Crippen LogP contribution in [0.5, 0.6) is 5.88 Å². The maximum absolute atomic E-state index is 11.6. The third-order valence-electron chi connectivity index (χ3n) is 4.55. The molecule has 3 rings (SSSR count). The van der Waals surface area contributed by atoms with Crippen molar-refractivity contribution in [3.8, 4) is 17.0 Å². The van der Waals surface area contributed by atoms with Gasteiger partial charge in [0.05, 0.1) is 7.11 Å². The molecule has 1 fully saturated rings. The Labute approximate surface area is 177 Å². The van der Waals surface area contributed by atoms with Crippen molar-refractivity contribution in [3.05, 3.63) is 53.1 Å². The number of likely N-dealkylation sites (tertiary alicyclic amines) is 1. The molecule has 0 aliphatic carbocycles. The van der Waals surface area contributed by atoms with Crippen molar-refractivity contribution in [3.63, 3.8) is 0 Å². The van der Waals surface area contributed by atoms with E-state index in [1.807, 2.05) is 43.1 Å². The number of carbonyl (C=O) groups excluding carboxylic acids is 1. The molecule has 162 valence electrons. The summed E-state index contributed by atoms with van der Waals surface area (Å²) < 4.78 is 5.08. The van der Waals surface area contributed by atoms with E-state index in [0.717, 1.165) is 43.6 Å². The largest absolute Gasteiger partial charge is 0.481 e. The highest BCUT2D eigenvalue weighted by Gasteiger charge is 2.14. The Bertz CT molecular complexity index is 888. The summed E-state index contributed by atoms with van der Waals surface area (Å²) in [6, 6.07) is 5.51. The minimum atomic E-state index is -0.123. The van der Waals surface area contributed by atoms with Crippen LogP contribution in [0.1, 0.15) is 19.8 Å². The van der Waals surface area contributed by atoms with E-state index < -0.39 is 0 Å². The third kappa shape index (κ3) is 7.04. The highest BCUT2D eigenvalue weighted by molar-refractivity contribution is 5.87. The molecule has 8 heteroatoms. The van der Waals surface area contributed by atoms with Gasteiger partial charge in [0.1, 0.15) is 5.69 Å². The summed E-state index contributed by atoms with van der Waals surface area (Å²) in [7, 11) is 3.44. The van der Waals surface area contributed by atoms with Gasteiger partial charge < -0.3 is 25.3 Å². The number of pyridine rings is 2. The van der Waals surface area contributed by atoms with Crippen LogP contribution in [0.15, 0.2) is 47.5 Å². The molecule has 1 aliphatic heterocycles. The Morgan fingerprint density at radius 3 is 2.73 bits per heavy atom. The van der Waals surface area contributed by atoms with E-state index in [4.69, 9.17) is 4.74 Å². The number of rotatable bonds is 7. The molecule has 0 spiro atoms. The first-order valence-corrected chi connectivity index (χ1v) is 10.2. The summed E-state index contributed by atoms with van der Waals surface area (Å²) >= 11 is 0. The highest BCUT2D eigenvalue weighted by atomic mass is 16.5. The number of carbonyl (C=O) groups is 1. The van der Waals surface area contributed by atoms with Gasteiger partial charge in [0.25, 0.3) is 5.56 Å². The summed E-state index contributed by atoms with van der Waals surface area (Å²) in [6.07, 6.45) is 9.18. The predicted molar refractivity (Wildman–Crippen MR) is 120 cm³/mol. The van der Waals surface area contributed by atoms with E-state index in [1.54, 1.807) is 25.6 Å². The summed E-state index contributed by atoms with van der Waals surface area (Å²) in [5.74, 6) is 0.700. The van der Waals surface area contributed by atoms with Crippen molar-refractivity contribution in [2.24, 2.45) is 0 Å². The number of amides is 1. The van der Waals surface area contributed by atoms with Gasteiger partial charge >= 0.3 is 0 Å². The molecule has 3 N–H and O–H groups in total. The molecule has 0 unspecified atom stereocenters. The van der Waals surface area contributed by atoms with Crippen LogP contribution in [0.2, 0.25) is 0 Å². The van der Waals surface area contributed by atoms with Gasteiger partial charge in [-0.25, -0.2) is 4.98 Å². The lowest BCUT2D eigenvalue weighted by Gasteiger charge is -2.11. The van der Waals surface area contributed by atoms with Crippen LogP contribution in [0.4, 0.5) is 5.69 Å². The van der Waals surface area contributed by atoms with Gasteiger partial charge in [-0.05, 0) is 44.5 Å². The van der Waals surface area contributed by atoms with Crippen molar-refractivity contribution >= 4 is 11.6 Å². The van der Waals surface area contributed by atoms with Crippen molar-refractivity contribution in [1.29, 1.82) is 0 Å². The van der Waals surface area contributed by atoms with Crippen LogP contribution in [0.25, 0.3) is 11.1 Å². The predicted octanol–water partition coefficient (Wildman–Crippen LogP) is 2.26. The zero-order valence-electron chi connectivity index (χ0n) is 17.9. The van der Waals surface area contributed by atoms with Crippen LogP contribution >= 0.6 is 0 Å². The molecule has 2 aromatic heterocycles. The van der Waals surface area contributed by atoms with Gasteiger partial charge in [0.2, 0.25) is 11.8 Å². The number of aromatic amines is 1. The maximum Gasteiger partial charge on any atom is 0.271 e. The van der Waals surface area contributed by atoms with Crippen LogP contribution in [0.3, 0.4) is 0 Å². The second kappa shape index (κ2) is 12.4. The zero-order valence-corrected chi connectivity index (χ0v) is 17.9. The fraction of sp³-hybridized carbons (Fsp3) is 0.409. The molecule has 0 atom stereocenters. The second-order valence-electron chi connectivity index (χ2n) is 6.74. The molecule has 1 saturated heterocycles. The number of anilines is 1. The third-order valence-corrected chi connectivity index (χ3v) is 4.55. The van der Waals surface area contributed by atoms with Crippen LogP contribution < -0.4 is 20.9 Å². The molecule has 30 heavy (non-hydrogen) atoms. The van der Waals surface area contributed by atoms with Gasteiger partial charge in [-0.3, -0.25) is 9.59 Å². The Morgan fingerprint density at radius 1 is 1.30 bits per heavy atom. The topological polar surface area (TPSA) is 99.4 Å². The summed E-state index contributed by atoms with van der Waals surface area (Å²) in [4.78, 5) is 31.5. The number of nitrogens with one attached hydrogen (secondary N) is 3. The maximum atomic E-state index is 11.6. The minimum absolute atomic E-state index is 0.123. The van der Waals surface area contributed by atoms with Crippen LogP contribution in [-0.4, -0.2) is 61.1 Å². The zero-order chi connectivity index (χ0) is 21.8. The van der Waals surface area contributed by atoms with Gasteiger partial charge in [-0.2, -0.15) is 0 Å². The van der Waals surface area contributed by atoms with Crippen LogP contribution in [-0.2, 0) is 4.79 Å². The number of hydrogen-bond donors (Lipinski definition) is 3. The highest BCUT2D eigenvalue weighted by Crippen LogP contribution is 2.22. The van der Waals surface area contributed by atoms with Crippen LogP contribution in [0, 0.1) is 0 Å². The number of aromatic nitrogens is 2. The van der Waals surface area contributed by atoms with Crippen molar-refractivity contribution in [2.75, 3.05) is 45.7 Å². The number of ether oxygens (including phenoxy) is 1. The van der Waals surface area contributed by atoms with Crippen molar-refractivity contribution in [2.45, 2.75) is 19.8 Å². The number of methoxy groups -OCH3 is 1. The SMILES string of the molecule is CCNc1cc(-c2ccnc(OC)c2)c[nH]c1=O.CNC/C=C/C(=O)N1CCCC1. The molecule has 8 nitrogen and oxygen atoms in total. The molecular weight excluding hydrogens is 382 g/mol. The Morgan fingerprint density at radius 2 is 2.07 bits per heavy atom. The molecular formula is C22H31N5O3. The van der Waals surface area contributed by atoms with Gasteiger partial charge in [-0.15, -0.1) is 0 Å². The molecule has 1 amide bonds. The Balaban J connectivity index is 0.000000232. The fourth-order valence-corrected chi connectivity index (χ4v) is 2.99. The summed E-state index contributed by atoms with van der Waals surface area (Å²) in [6.45, 7) is 5.28.